The van der Waals surface area contributed by atoms with Crippen LogP contribution in [0.2, 0.25) is 0 Å². The average Bonchev–Trinajstić information content (AvgIpc) is 2.87. The lowest BCUT2D eigenvalue weighted by Crippen LogP contribution is -1.87. The monoisotopic (exact) mass is 270 g/mol. The van der Waals surface area contributed by atoms with E-state index in [0.717, 1.165) is 0 Å². The summed E-state index contributed by atoms with van der Waals surface area (Å²) in [6.45, 7) is 14.3. The third-order valence-corrected chi connectivity index (χ3v) is 3.14. The number of fused-ring (bicyclic) bond motifs is 3. The van der Waals surface area contributed by atoms with Crippen LogP contribution in [0.3, 0.4) is 0 Å². The summed E-state index contributed by atoms with van der Waals surface area (Å²) in [5.74, 6) is 0.558. The van der Waals surface area contributed by atoms with Crippen LogP contribution in [-0.4, -0.2) is 0 Å². The van der Waals surface area contributed by atoms with Crippen LogP contribution in [0.5, 0.6) is 0 Å². The van der Waals surface area contributed by atoms with E-state index in [0.29, 0.717) is 5.92 Å². The van der Waals surface area contributed by atoms with Crippen molar-refractivity contribution in [3.63, 3.8) is 0 Å². The van der Waals surface area contributed by atoms with Crippen molar-refractivity contribution in [2.45, 2.75) is 54.4 Å². The van der Waals surface area contributed by atoms with Crippen molar-refractivity contribution in [1.29, 1.82) is 0 Å². The standard InChI is InChI=1S/C14H12.3C2H6/c1-10-11-6-2-4-8-13(11)14-9-5-3-7-12(10)14;3*1-2/h2-10H,1H3;3*1-2H3. The maximum absolute atomic E-state index is 2.28. The predicted octanol–water partition coefficient (Wildman–Crippen LogP) is 6.90. The lowest BCUT2D eigenvalue weighted by Gasteiger charge is -2.04. The van der Waals surface area contributed by atoms with Gasteiger partial charge in [-0.05, 0) is 22.3 Å². The molecule has 20 heavy (non-hydrogen) atoms. The summed E-state index contributed by atoms with van der Waals surface area (Å²) < 4.78 is 0. The molecule has 0 bridgehead atoms. The highest BCUT2D eigenvalue weighted by atomic mass is 14.3. The summed E-state index contributed by atoms with van der Waals surface area (Å²) in [6, 6.07) is 17.4. The van der Waals surface area contributed by atoms with E-state index in [-0.39, 0.29) is 0 Å². The fourth-order valence-electron chi connectivity index (χ4n) is 2.41. The molecule has 0 fully saturated rings. The van der Waals surface area contributed by atoms with E-state index < -0.39 is 0 Å². The second-order valence-electron chi connectivity index (χ2n) is 3.90. The smallest absolute Gasteiger partial charge is 0.00733 e. The van der Waals surface area contributed by atoms with Gasteiger partial charge in [-0.1, -0.05) is 97.0 Å². The number of rotatable bonds is 0. The molecular formula is C20H30. The van der Waals surface area contributed by atoms with Crippen molar-refractivity contribution < 1.29 is 0 Å². The lowest BCUT2D eigenvalue weighted by atomic mass is 10.00. The first-order chi connectivity index (χ1) is 9.88. The molecule has 1 aliphatic carbocycles. The molecule has 0 heterocycles. The summed E-state index contributed by atoms with van der Waals surface area (Å²) >= 11 is 0. The molecule has 2 aromatic carbocycles. The fraction of sp³-hybridized carbons (Fsp3) is 0.400. The van der Waals surface area contributed by atoms with Crippen LogP contribution in [0.25, 0.3) is 11.1 Å². The van der Waals surface area contributed by atoms with Crippen molar-refractivity contribution in [3.05, 3.63) is 59.7 Å². The van der Waals surface area contributed by atoms with E-state index in [1.807, 2.05) is 41.5 Å². The Labute approximate surface area is 125 Å². The minimum absolute atomic E-state index is 0.558. The molecule has 0 saturated carbocycles. The predicted molar refractivity (Wildman–Crippen MR) is 93.4 cm³/mol. The van der Waals surface area contributed by atoms with Gasteiger partial charge in [0.1, 0.15) is 0 Å². The minimum atomic E-state index is 0.558. The molecule has 0 aromatic heterocycles. The van der Waals surface area contributed by atoms with Crippen LogP contribution in [0.4, 0.5) is 0 Å². The molecular weight excluding hydrogens is 240 g/mol. The van der Waals surface area contributed by atoms with Gasteiger partial charge >= 0.3 is 0 Å². The Morgan fingerprint density at radius 1 is 0.550 bits per heavy atom. The van der Waals surface area contributed by atoms with E-state index in [2.05, 4.69) is 55.5 Å². The van der Waals surface area contributed by atoms with Crippen molar-refractivity contribution in [2.75, 3.05) is 0 Å². The lowest BCUT2D eigenvalue weighted by molar-refractivity contribution is 0.957. The molecule has 1 aliphatic rings. The highest BCUT2D eigenvalue weighted by molar-refractivity contribution is 5.78. The van der Waals surface area contributed by atoms with Gasteiger partial charge in [0.15, 0.2) is 0 Å². The van der Waals surface area contributed by atoms with Crippen molar-refractivity contribution in [1.82, 2.24) is 0 Å². The Morgan fingerprint density at radius 3 is 1.20 bits per heavy atom. The van der Waals surface area contributed by atoms with Gasteiger partial charge in [0.25, 0.3) is 0 Å². The fourth-order valence-corrected chi connectivity index (χ4v) is 2.41. The molecule has 110 valence electrons. The minimum Gasteiger partial charge on any atom is -0.0683 e. The highest BCUT2D eigenvalue weighted by Crippen LogP contribution is 2.43. The molecule has 0 heteroatoms. The van der Waals surface area contributed by atoms with Gasteiger partial charge in [0.05, 0.1) is 0 Å². The zero-order chi connectivity index (χ0) is 15.5. The van der Waals surface area contributed by atoms with Crippen LogP contribution in [0, 0.1) is 0 Å². The first-order valence-corrected chi connectivity index (χ1v) is 8.06. The summed E-state index contributed by atoms with van der Waals surface area (Å²) in [6.07, 6.45) is 0. The maximum atomic E-state index is 2.28. The molecule has 0 N–H and O–H groups in total. The molecule has 0 radical (unpaired) electrons. The van der Waals surface area contributed by atoms with Crippen LogP contribution >= 0.6 is 0 Å². The van der Waals surface area contributed by atoms with Gasteiger partial charge in [-0.2, -0.15) is 0 Å². The topological polar surface area (TPSA) is 0 Å². The van der Waals surface area contributed by atoms with E-state index in [1.165, 1.54) is 22.3 Å². The van der Waals surface area contributed by atoms with E-state index >= 15 is 0 Å². The molecule has 0 nitrogen and oxygen atoms in total. The summed E-state index contributed by atoms with van der Waals surface area (Å²) in [5.41, 5.74) is 5.76. The molecule has 2 aromatic rings. The number of hydrogen-bond acceptors (Lipinski definition) is 0. The second-order valence-corrected chi connectivity index (χ2v) is 3.90. The molecule has 0 spiro atoms. The Morgan fingerprint density at radius 2 is 0.850 bits per heavy atom. The summed E-state index contributed by atoms with van der Waals surface area (Å²) in [5, 5.41) is 0. The molecule has 0 aliphatic heterocycles. The Bertz CT molecular complexity index is 437. The van der Waals surface area contributed by atoms with E-state index in [4.69, 9.17) is 0 Å². The Hall–Kier alpha value is -1.56. The van der Waals surface area contributed by atoms with Crippen molar-refractivity contribution >= 4 is 0 Å². The third-order valence-electron chi connectivity index (χ3n) is 3.14. The molecule has 0 amide bonds. The zero-order valence-corrected chi connectivity index (χ0v) is 14.2. The number of benzene rings is 2. The molecule has 0 unspecified atom stereocenters. The Balaban J connectivity index is 0.000000538. The SMILES string of the molecule is CC.CC.CC.CC1c2ccccc2-c2ccccc21. The third kappa shape index (κ3) is 3.72. The number of hydrogen-bond donors (Lipinski definition) is 0. The van der Waals surface area contributed by atoms with Crippen LogP contribution in [0.1, 0.15) is 65.5 Å². The van der Waals surface area contributed by atoms with Crippen molar-refractivity contribution in [2.24, 2.45) is 0 Å². The highest BCUT2D eigenvalue weighted by Gasteiger charge is 2.23. The van der Waals surface area contributed by atoms with Gasteiger partial charge in [0, 0.05) is 5.92 Å². The van der Waals surface area contributed by atoms with Gasteiger partial charge in [-0.25, -0.2) is 0 Å². The van der Waals surface area contributed by atoms with Crippen LogP contribution in [-0.2, 0) is 0 Å². The van der Waals surface area contributed by atoms with Gasteiger partial charge in [0.2, 0.25) is 0 Å². The zero-order valence-electron chi connectivity index (χ0n) is 14.2. The quantitative estimate of drug-likeness (QED) is 0.488. The summed E-state index contributed by atoms with van der Waals surface area (Å²) in [4.78, 5) is 0. The normalized spacial score (nSPS) is 10.6. The van der Waals surface area contributed by atoms with Gasteiger partial charge in [-0.15, -0.1) is 0 Å². The molecule has 0 atom stereocenters. The average molecular weight is 270 g/mol. The maximum Gasteiger partial charge on any atom is 0.00733 e. The molecule has 0 saturated heterocycles. The van der Waals surface area contributed by atoms with Gasteiger partial charge < -0.3 is 0 Å². The van der Waals surface area contributed by atoms with E-state index in [1.54, 1.807) is 0 Å². The molecule has 3 rings (SSSR count). The van der Waals surface area contributed by atoms with Crippen LogP contribution < -0.4 is 0 Å². The Kier molecular flexibility index (Phi) is 9.45. The van der Waals surface area contributed by atoms with Crippen molar-refractivity contribution in [3.8, 4) is 11.1 Å². The first kappa shape index (κ1) is 18.4. The van der Waals surface area contributed by atoms with Gasteiger partial charge in [-0.3, -0.25) is 0 Å². The first-order valence-electron chi connectivity index (χ1n) is 8.06. The largest absolute Gasteiger partial charge is 0.0683 e. The second kappa shape index (κ2) is 10.3. The van der Waals surface area contributed by atoms with Crippen LogP contribution in [0.15, 0.2) is 48.5 Å². The summed E-state index contributed by atoms with van der Waals surface area (Å²) in [7, 11) is 0. The van der Waals surface area contributed by atoms with E-state index in [9.17, 15) is 0 Å².